The molecule has 1 N–H and O–H groups in total. The van der Waals surface area contributed by atoms with Gasteiger partial charge in [0.2, 0.25) is 5.91 Å². The van der Waals surface area contributed by atoms with E-state index < -0.39 is 0 Å². The van der Waals surface area contributed by atoms with E-state index in [1.165, 1.54) is 16.5 Å². The molecule has 4 heteroatoms. The molecule has 3 rings (SSSR count). The number of nitrogens with zero attached hydrogens (tertiary/aromatic N) is 1. The number of aryl methyl sites for hydroxylation is 2. The van der Waals surface area contributed by atoms with Crippen LogP contribution in [0.25, 0.3) is 10.9 Å². The highest BCUT2D eigenvalue weighted by Gasteiger charge is 2.09. The van der Waals surface area contributed by atoms with Gasteiger partial charge in [-0.15, -0.1) is 0 Å². The standard InChI is InChI=1S/C22H26N2O2/c1-3-24-16-18(20-7-5-6-8-21(20)24)11-14-22(25)23-15-17-9-12-19(13-10-17)26-4-2/h5-10,12-13,16H,3-4,11,14-15H2,1-2H3,(H,23,25). The van der Waals surface area contributed by atoms with Gasteiger partial charge in [0.15, 0.2) is 0 Å². The maximum Gasteiger partial charge on any atom is 0.220 e. The van der Waals surface area contributed by atoms with Crippen molar-refractivity contribution < 1.29 is 9.53 Å². The van der Waals surface area contributed by atoms with Gasteiger partial charge in [0, 0.05) is 36.6 Å². The zero-order valence-electron chi connectivity index (χ0n) is 15.5. The summed E-state index contributed by atoms with van der Waals surface area (Å²) < 4.78 is 7.67. The van der Waals surface area contributed by atoms with Crippen molar-refractivity contribution in [2.45, 2.75) is 39.8 Å². The number of ether oxygens (including phenoxy) is 1. The first-order valence-corrected chi connectivity index (χ1v) is 9.26. The zero-order valence-corrected chi connectivity index (χ0v) is 15.5. The molecule has 3 aromatic rings. The van der Waals surface area contributed by atoms with Crippen LogP contribution in [0, 0.1) is 0 Å². The van der Waals surface area contributed by atoms with Gasteiger partial charge in [-0.2, -0.15) is 0 Å². The fourth-order valence-electron chi connectivity index (χ4n) is 3.19. The molecule has 0 radical (unpaired) electrons. The number of amides is 1. The maximum absolute atomic E-state index is 12.2. The Bertz CT molecular complexity index is 865. The van der Waals surface area contributed by atoms with E-state index in [4.69, 9.17) is 4.74 Å². The number of carbonyl (C=O) groups is 1. The lowest BCUT2D eigenvalue weighted by atomic mass is 10.1. The molecule has 1 aromatic heterocycles. The van der Waals surface area contributed by atoms with Gasteiger partial charge >= 0.3 is 0 Å². The Morgan fingerprint density at radius 3 is 2.58 bits per heavy atom. The van der Waals surface area contributed by atoms with Crippen molar-refractivity contribution in [3.63, 3.8) is 0 Å². The Balaban J connectivity index is 1.54. The minimum atomic E-state index is 0.0761. The quantitative estimate of drug-likeness (QED) is 0.658. The van der Waals surface area contributed by atoms with Gasteiger partial charge in [-0.3, -0.25) is 4.79 Å². The Morgan fingerprint density at radius 1 is 1.08 bits per heavy atom. The third-order valence-corrected chi connectivity index (χ3v) is 4.56. The first kappa shape index (κ1) is 18.1. The SMILES string of the molecule is CCOc1ccc(CNC(=O)CCc2cn(CC)c3ccccc23)cc1. The van der Waals surface area contributed by atoms with E-state index in [1.807, 2.05) is 31.2 Å². The molecular weight excluding hydrogens is 324 g/mol. The molecule has 0 unspecified atom stereocenters. The molecule has 1 amide bonds. The third kappa shape index (κ3) is 4.26. The number of hydrogen-bond acceptors (Lipinski definition) is 2. The van der Waals surface area contributed by atoms with Gasteiger partial charge in [-0.1, -0.05) is 30.3 Å². The lowest BCUT2D eigenvalue weighted by Gasteiger charge is -2.07. The topological polar surface area (TPSA) is 43.3 Å². The number of nitrogens with one attached hydrogen (secondary N) is 1. The molecule has 0 aliphatic carbocycles. The maximum atomic E-state index is 12.2. The highest BCUT2D eigenvalue weighted by molar-refractivity contribution is 5.85. The number of aromatic nitrogens is 1. The molecule has 0 bridgehead atoms. The van der Waals surface area contributed by atoms with Crippen LogP contribution in [0.2, 0.25) is 0 Å². The van der Waals surface area contributed by atoms with Gasteiger partial charge in [0.25, 0.3) is 0 Å². The van der Waals surface area contributed by atoms with Gasteiger partial charge in [-0.05, 0) is 49.6 Å². The molecule has 0 atom stereocenters. The smallest absolute Gasteiger partial charge is 0.220 e. The molecule has 0 aliphatic rings. The predicted molar refractivity (Wildman–Crippen MR) is 105 cm³/mol. The number of benzene rings is 2. The molecular formula is C22H26N2O2. The molecule has 0 spiro atoms. The average molecular weight is 350 g/mol. The first-order chi connectivity index (χ1) is 12.7. The lowest BCUT2D eigenvalue weighted by molar-refractivity contribution is -0.121. The lowest BCUT2D eigenvalue weighted by Crippen LogP contribution is -2.22. The second-order valence-corrected chi connectivity index (χ2v) is 6.31. The van der Waals surface area contributed by atoms with E-state index in [9.17, 15) is 4.79 Å². The van der Waals surface area contributed by atoms with Crippen molar-refractivity contribution in [2.24, 2.45) is 0 Å². The summed E-state index contributed by atoms with van der Waals surface area (Å²) in [6, 6.07) is 16.2. The summed E-state index contributed by atoms with van der Waals surface area (Å²) in [6.07, 6.45) is 3.42. The van der Waals surface area contributed by atoms with Gasteiger partial charge in [-0.25, -0.2) is 0 Å². The Kier molecular flexibility index (Phi) is 5.95. The van der Waals surface area contributed by atoms with E-state index in [0.29, 0.717) is 19.6 Å². The van der Waals surface area contributed by atoms with Crippen molar-refractivity contribution in [1.82, 2.24) is 9.88 Å². The molecule has 136 valence electrons. The first-order valence-electron chi connectivity index (χ1n) is 9.26. The minimum Gasteiger partial charge on any atom is -0.494 e. The fraction of sp³-hybridized carbons (Fsp3) is 0.318. The van der Waals surface area contributed by atoms with E-state index in [-0.39, 0.29) is 5.91 Å². The molecule has 4 nitrogen and oxygen atoms in total. The summed E-state index contributed by atoms with van der Waals surface area (Å²) >= 11 is 0. The number of carbonyl (C=O) groups excluding carboxylic acids is 1. The predicted octanol–water partition coefficient (Wildman–Crippen LogP) is 4.31. The number of hydrogen-bond donors (Lipinski definition) is 1. The second-order valence-electron chi connectivity index (χ2n) is 6.31. The van der Waals surface area contributed by atoms with Crippen LogP contribution in [-0.4, -0.2) is 17.1 Å². The minimum absolute atomic E-state index is 0.0761. The molecule has 0 aliphatic heterocycles. The summed E-state index contributed by atoms with van der Waals surface area (Å²) in [4.78, 5) is 12.2. The van der Waals surface area contributed by atoms with Crippen molar-refractivity contribution in [2.75, 3.05) is 6.61 Å². The normalized spacial score (nSPS) is 10.8. The van der Waals surface area contributed by atoms with Crippen LogP contribution in [0.5, 0.6) is 5.75 Å². The Hall–Kier alpha value is -2.75. The van der Waals surface area contributed by atoms with Crippen LogP contribution in [-0.2, 0) is 24.3 Å². The molecule has 0 fully saturated rings. The number of rotatable bonds is 8. The van der Waals surface area contributed by atoms with E-state index in [2.05, 4.69) is 47.3 Å². The molecule has 26 heavy (non-hydrogen) atoms. The van der Waals surface area contributed by atoms with Crippen LogP contribution in [0.4, 0.5) is 0 Å². The molecule has 2 aromatic carbocycles. The zero-order chi connectivity index (χ0) is 18.4. The molecule has 0 saturated heterocycles. The highest BCUT2D eigenvalue weighted by atomic mass is 16.5. The van der Waals surface area contributed by atoms with Crippen LogP contribution >= 0.6 is 0 Å². The summed E-state index contributed by atoms with van der Waals surface area (Å²) in [5, 5.41) is 4.25. The molecule has 1 heterocycles. The van der Waals surface area contributed by atoms with Crippen LogP contribution in [0.1, 0.15) is 31.4 Å². The van der Waals surface area contributed by atoms with Gasteiger partial charge in [0.1, 0.15) is 5.75 Å². The van der Waals surface area contributed by atoms with E-state index >= 15 is 0 Å². The summed E-state index contributed by atoms with van der Waals surface area (Å²) in [7, 11) is 0. The van der Waals surface area contributed by atoms with Crippen LogP contribution in [0.15, 0.2) is 54.7 Å². The molecule has 0 saturated carbocycles. The Morgan fingerprint density at radius 2 is 1.85 bits per heavy atom. The number of para-hydroxylation sites is 1. The van der Waals surface area contributed by atoms with Crippen molar-refractivity contribution in [1.29, 1.82) is 0 Å². The monoisotopic (exact) mass is 350 g/mol. The van der Waals surface area contributed by atoms with Crippen molar-refractivity contribution in [3.05, 3.63) is 65.9 Å². The van der Waals surface area contributed by atoms with Gasteiger partial charge in [0.05, 0.1) is 6.61 Å². The highest BCUT2D eigenvalue weighted by Crippen LogP contribution is 2.22. The summed E-state index contributed by atoms with van der Waals surface area (Å²) in [5.74, 6) is 0.933. The van der Waals surface area contributed by atoms with Crippen molar-refractivity contribution in [3.8, 4) is 5.75 Å². The fourth-order valence-corrected chi connectivity index (χ4v) is 3.19. The number of fused-ring (bicyclic) bond motifs is 1. The Labute approximate surface area is 154 Å². The average Bonchev–Trinajstić information content (AvgIpc) is 3.04. The van der Waals surface area contributed by atoms with Crippen molar-refractivity contribution >= 4 is 16.8 Å². The van der Waals surface area contributed by atoms with E-state index in [1.54, 1.807) is 0 Å². The summed E-state index contributed by atoms with van der Waals surface area (Å²) in [5.41, 5.74) is 3.54. The summed E-state index contributed by atoms with van der Waals surface area (Å²) in [6.45, 7) is 6.24. The van der Waals surface area contributed by atoms with Gasteiger partial charge < -0.3 is 14.6 Å². The third-order valence-electron chi connectivity index (χ3n) is 4.56. The van der Waals surface area contributed by atoms with Crippen LogP contribution < -0.4 is 10.1 Å². The second kappa shape index (κ2) is 8.56. The largest absolute Gasteiger partial charge is 0.494 e. The van der Waals surface area contributed by atoms with E-state index in [0.717, 1.165) is 24.3 Å². The van der Waals surface area contributed by atoms with Crippen LogP contribution in [0.3, 0.4) is 0 Å².